The molecular formula is C19H20F3N5O2. The van der Waals surface area contributed by atoms with Gasteiger partial charge in [-0.25, -0.2) is 28.2 Å². The van der Waals surface area contributed by atoms with E-state index in [2.05, 4.69) is 15.6 Å². The van der Waals surface area contributed by atoms with Gasteiger partial charge in [-0.05, 0) is 25.1 Å². The number of aromatic nitrogens is 3. The number of rotatable bonds is 4. The molecule has 1 aliphatic heterocycles. The van der Waals surface area contributed by atoms with Crippen LogP contribution in [0.5, 0.6) is 0 Å². The van der Waals surface area contributed by atoms with Crippen molar-refractivity contribution in [3.05, 3.63) is 60.2 Å². The first-order valence-electron chi connectivity index (χ1n) is 8.99. The molecule has 1 N–H and O–H groups in total. The summed E-state index contributed by atoms with van der Waals surface area (Å²) >= 11 is 0. The summed E-state index contributed by atoms with van der Waals surface area (Å²) in [6, 6.07) is 9.54. The summed E-state index contributed by atoms with van der Waals surface area (Å²) in [5, 5.41) is 4.02. The fourth-order valence-electron chi connectivity index (χ4n) is 2.73. The number of anilines is 1. The van der Waals surface area contributed by atoms with E-state index in [1.54, 1.807) is 37.4 Å². The Morgan fingerprint density at radius 2 is 2.03 bits per heavy atom. The van der Waals surface area contributed by atoms with Crippen LogP contribution >= 0.6 is 0 Å². The SMILES string of the molecule is CCONC(=O)c1cnn2ccc(N3CCC(F)(F)C3)nc12.Fc1ccccc1. The van der Waals surface area contributed by atoms with Crippen LogP contribution in [0.1, 0.15) is 23.7 Å². The molecule has 154 valence electrons. The number of hydrogen-bond acceptors (Lipinski definition) is 5. The first-order valence-corrected chi connectivity index (χ1v) is 8.99. The molecule has 2 aromatic heterocycles. The number of alkyl halides is 2. The molecule has 10 heteroatoms. The molecular weight excluding hydrogens is 387 g/mol. The number of carbonyl (C=O) groups excluding carboxylic acids is 1. The molecule has 1 amide bonds. The second-order valence-corrected chi connectivity index (χ2v) is 6.30. The number of carbonyl (C=O) groups is 1. The van der Waals surface area contributed by atoms with Gasteiger partial charge in [0.15, 0.2) is 5.65 Å². The highest BCUT2D eigenvalue weighted by Gasteiger charge is 2.38. The van der Waals surface area contributed by atoms with E-state index >= 15 is 0 Å². The van der Waals surface area contributed by atoms with E-state index in [-0.39, 0.29) is 30.9 Å². The first kappa shape index (κ1) is 20.6. The van der Waals surface area contributed by atoms with Crippen LogP contribution in [0.15, 0.2) is 48.8 Å². The van der Waals surface area contributed by atoms with Gasteiger partial charge in [0.05, 0.1) is 19.3 Å². The topological polar surface area (TPSA) is 71.8 Å². The number of nitrogens with one attached hydrogen (secondary N) is 1. The second kappa shape index (κ2) is 8.91. The molecule has 3 heterocycles. The second-order valence-electron chi connectivity index (χ2n) is 6.30. The van der Waals surface area contributed by atoms with E-state index in [0.717, 1.165) is 0 Å². The molecule has 0 spiro atoms. The summed E-state index contributed by atoms with van der Waals surface area (Å²) < 4.78 is 39.9. The molecule has 4 rings (SSSR count). The summed E-state index contributed by atoms with van der Waals surface area (Å²) in [7, 11) is 0. The zero-order valence-corrected chi connectivity index (χ0v) is 15.7. The number of nitrogens with zero attached hydrogens (tertiary/aromatic N) is 4. The fraction of sp³-hybridized carbons (Fsp3) is 0.316. The van der Waals surface area contributed by atoms with Crippen LogP contribution in [0.25, 0.3) is 5.65 Å². The third-order valence-electron chi connectivity index (χ3n) is 4.14. The maximum atomic E-state index is 13.3. The maximum Gasteiger partial charge on any atom is 0.280 e. The first-order chi connectivity index (χ1) is 13.9. The lowest BCUT2D eigenvalue weighted by Gasteiger charge is -2.17. The number of benzene rings is 1. The molecule has 0 atom stereocenters. The number of hydrogen-bond donors (Lipinski definition) is 1. The Morgan fingerprint density at radius 3 is 2.62 bits per heavy atom. The Balaban J connectivity index is 0.000000290. The van der Waals surface area contributed by atoms with Gasteiger partial charge in [-0.2, -0.15) is 5.10 Å². The quantitative estimate of drug-likeness (QED) is 0.673. The Labute approximate surface area is 165 Å². The minimum absolute atomic E-state index is 0.178. The molecule has 3 aromatic rings. The van der Waals surface area contributed by atoms with E-state index in [1.807, 2.05) is 0 Å². The zero-order chi connectivity index (χ0) is 20.9. The van der Waals surface area contributed by atoms with Gasteiger partial charge in [0.25, 0.3) is 11.8 Å². The monoisotopic (exact) mass is 407 g/mol. The van der Waals surface area contributed by atoms with Crippen LogP contribution in [0.4, 0.5) is 19.0 Å². The predicted molar refractivity (Wildman–Crippen MR) is 100 cm³/mol. The van der Waals surface area contributed by atoms with Crippen molar-refractivity contribution in [1.82, 2.24) is 20.1 Å². The average molecular weight is 407 g/mol. The van der Waals surface area contributed by atoms with Crippen LogP contribution < -0.4 is 10.4 Å². The van der Waals surface area contributed by atoms with E-state index < -0.39 is 11.8 Å². The van der Waals surface area contributed by atoms with Crippen molar-refractivity contribution in [3.63, 3.8) is 0 Å². The van der Waals surface area contributed by atoms with Crippen molar-refractivity contribution >= 4 is 17.4 Å². The van der Waals surface area contributed by atoms with E-state index in [0.29, 0.717) is 18.1 Å². The number of hydroxylamine groups is 1. The van der Waals surface area contributed by atoms with Gasteiger partial charge in [0.2, 0.25) is 0 Å². The molecule has 1 saturated heterocycles. The molecule has 0 aliphatic carbocycles. The number of amides is 1. The summed E-state index contributed by atoms with van der Waals surface area (Å²) in [5.41, 5.74) is 2.78. The molecule has 0 bridgehead atoms. The highest BCUT2D eigenvalue weighted by molar-refractivity contribution is 5.99. The van der Waals surface area contributed by atoms with Crippen LogP contribution in [0.3, 0.4) is 0 Å². The van der Waals surface area contributed by atoms with Crippen LogP contribution in [-0.2, 0) is 4.84 Å². The van der Waals surface area contributed by atoms with Gasteiger partial charge in [-0.15, -0.1) is 0 Å². The van der Waals surface area contributed by atoms with Crippen molar-refractivity contribution in [2.24, 2.45) is 0 Å². The van der Waals surface area contributed by atoms with E-state index in [1.165, 1.54) is 27.7 Å². The average Bonchev–Trinajstić information content (AvgIpc) is 3.29. The minimum atomic E-state index is -2.71. The number of halogens is 3. The summed E-state index contributed by atoms with van der Waals surface area (Å²) in [6.07, 6.45) is 2.75. The minimum Gasteiger partial charge on any atom is -0.350 e. The van der Waals surface area contributed by atoms with Crippen molar-refractivity contribution in [2.45, 2.75) is 19.3 Å². The Hall–Kier alpha value is -3.14. The summed E-state index contributed by atoms with van der Waals surface area (Å²) in [4.78, 5) is 22.6. The Morgan fingerprint density at radius 1 is 1.28 bits per heavy atom. The van der Waals surface area contributed by atoms with Gasteiger partial charge in [0.1, 0.15) is 17.2 Å². The molecule has 0 radical (unpaired) electrons. The maximum absolute atomic E-state index is 13.3. The van der Waals surface area contributed by atoms with Gasteiger partial charge in [-0.1, -0.05) is 18.2 Å². The van der Waals surface area contributed by atoms with E-state index in [9.17, 15) is 18.0 Å². The fourth-order valence-corrected chi connectivity index (χ4v) is 2.73. The van der Waals surface area contributed by atoms with Gasteiger partial charge in [-0.3, -0.25) is 9.63 Å². The highest BCUT2D eigenvalue weighted by atomic mass is 19.3. The van der Waals surface area contributed by atoms with Crippen LogP contribution in [-0.4, -0.2) is 46.1 Å². The highest BCUT2D eigenvalue weighted by Crippen LogP contribution is 2.30. The molecule has 1 aliphatic rings. The lowest BCUT2D eigenvalue weighted by atomic mass is 10.3. The Bertz CT molecular complexity index is 965. The summed E-state index contributed by atoms with van der Waals surface area (Å²) in [5.74, 6) is -2.96. The normalized spacial score (nSPS) is 15.1. The third kappa shape index (κ3) is 5.23. The van der Waals surface area contributed by atoms with Gasteiger partial charge >= 0.3 is 0 Å². The smallest absolute Gasteiger partial charge is 0.280 e. The molecule has 0 unspecified atom stereocenters. The molecule has 0 saturated carbocycles. The molecule has 1 aromatic carbocycles. The molecule has 29 heavy (non-hydrogen) atoms. The van der Waals surface area contributed by atoms with Crippen molar-refractivity contribution < 1.29 is 22.8 Å². The lowest BCUT2D eigenvalue weighted by Crippen LogP contribution is -2.26. The van der Waals surface area contributed by atoms with Gasteiger partial charge in [0, 0.05) is 19.2 Å². The summed E-state index contributed by atoms with van der Waals surface area (Å²) in [6.45, 7) is 1.92. The largest absolute Gasteiger partial charge is 0.350 e. The van der Waals surface area contributed by atoms with E-state index in [4.69, 9.17) is 4.84 Å². The van der Waals surface area contributed by atoms with Crippen molar-refractivity contribution in [3.8, 4) is 0 Å². The molecule has 7 nitrogen and oxygen atoms in total. The molecule has 1 fully saturated rings. The third-order valence-corrected chi connectivity index (χ3v) is 4.14. The standard InChI is InChI=1S/C13H15F2N5O2.C6H5F/c1-2-22-18-12(21)9-7-16-20-5-3-10(17-11(9)20)19-6-4-13(14,15)8-19;7-6-4-2-1-3-5-6/h3,5,7H,2,4,6,8H2,1H3,(H,18,21);1-5H. The van der Waals surface area contributed by atoms with Crippen molar-refractivity contribution in [2.75, 3.05) is 24.6 Å². The van der Waals surface area contributed by atoms with Crippen LogP contribution in [0, 0.1) is 5.82 Å². The van der Waals surface area contributed by atoms with Crippen LogP contribution in [0.2, 0.25) is 0 Å². The predicted octanol–water partition coefficient (Wildman–Crippen LogP) is 3.08. The van der Waals surface area contributed by atoms with Gasteiger partial charge < -0.3 is 4.90 Å². The van der Waals surface area contributed by atoms with Crippen molar-refractivity contribution in [1.29, 1.82) is 0 Å². The lowest BCUT2D eigenvalue weighted by molar-refractivity contribution is 0.0256. The number of fused-ring (bicyclic) bond motifs is 1. The zero-order valence-electron chi connectivity index (χ0n) is 15.7. The Kier molecular flexibility index (Phi) is 6.32.